The van der Waals surface area contributed by atoms with Crippen LogP contribution in [0.4, 0.5) is 0 Å². The van der Waals surface area contributed by atoms with Gasteiger partial charge in [0.1, 0.15) is 6.04 Å². The van der Waals surface area contributed by atoms with Gasteiger partial charge in [-0.1, -0.05) is 49.4 Å². The summed E-state index contributed by atoms with van der Waals surface area (Å²) in [7, 11) is 0. The zero-order chi connectivity index (χ0) is 25.9. The highest BCUT2D eigenvalue weighted by Crippen LogP contribution is 2.34. The maximum Gasteiger partial charge on any atom is 0.243 e. The van der Waals surface area contributed by atoms with Gasteiger partial charge >= 0.3 is 0 Å². The third-order valence-electron chi connectivity index (χ3n) is 7.74. The first kappa shape index (κ1) is 25.1. The van der Waals surface area contributed by atoms with E-state index in [9.17, 15) is 14.4 Å². The molecule has 2 aliphatic carbocycles. The van der Waals surface area contributed by atoms with Gasteiger partial charge in [-0.2, -0.15) is 0 Å². The van der Waals surface area contributed by atoms with Crippen LogP contribution in [0.25, 0.3) is 0 Å². The maximum atomic E-state index is 13.5. The van der Waals surface area contributed by atoms with Crippen LogP contribution in [0.1, 0.15) is 64.0 Å². The van der Waals surface area contributed by atoms with Crippen LogP contribution in [-0.2, 0) is 14.4 Å². The van der Waals surface area contributed by atoms with E-state index < -0.39 is 12.1 Å². The number of nitrogens with zero attached hydrogens (tertiary/aromatic N) is 3. The number of nitrogens with one attached hydrogen (secondary N) is 2. The van der Waals surface area contributed by atoms with Gasteiger partial charge in [-0.05, 0) is 50.2 Å². The predicted octanol–water partition coefficient (Wildman–Crippen LogP) is 3.47. The van der Waals surface area contributed by atoms with E-state index in [2.05, 4.69) is 27.5 Å². The molecule has 8 heteroatoms. The smallest absolute Gasteiger partial charge is 0.243 e. The van der Waals surface area contributed by atoms with Crippen LogP contribution in [0, 0.1) is 11.8 Å². The second-order valence-corrected chi connectivity index (χ2v) is 10.6. The van der Waals surface area contributed by atoms with Gasteiger partial charge in [0.25, 0.3) is 0 Å². The number of amidine groups is 1. The zero-order valence-electron chi connectivity index (χ0n) is 21.5. The fraction of sp³-hybridized carbons (Fsp3) is 0.483. The van der Waals surface area contributed by atoms with Crippen molar-refractivity contribution in [2.45, 2.75) is 70.5 Å². The summed E-state index contributed by atoms with van der Waals surface area (Å²) in [5.74, 6) is 0.276. The predicted molar refractivity (Wildman–Crippen MR) is 143 cm³/mol. The largest absolute Gasteiger partial charge is 0.345 e. The Hall–Kier alpha value is -3.55. The number of likely N-dealkylation sites (tertiary alicyclic amines) is 1. The molecule has 2 aliphatic heterocycles. The minimum Gasteiger partial charge on any atom is -0.345 e. The van der Waals surface area contributed by atoms with Gasteiger partial charge in [0, 0.05) is 18.9 Å². The van der Waals surface area contributed by atoms with Crippen LogP contribution in [0.2, 0.25) is 0 Å². The molecule has 8 nitrogen and oxygen atoms in total. The summed E-state index contributed by atoms with van der Waals surface area (Å²) in [6.45, 7) is 4.59. The van der Waals surface area contributed by atoms with E-state index in [0.717, 1.165) is 42.7 Å². The van der Waals surface area contributed by atoms with Gasteiger partial charge in [-0.15, -0.1) is 0 Å². The van der Waals surface area contributed by atoms with Crippen molar-refractivity contribution >= 4 is 29.3 Å². The van der Waals surface area contributed by atoms with Crippen molar-refractivity contribution in [3.63, 3.8) is 0 Å². The molecule has 1 aromatic rings. The summed E-state index contributed by atoms with van der Waals surface area (Å²) in [5.41, 5.74) is 2.80. The minimum absolute atomic E-state index is 0.00610. The summed E-state index contributed by atoms with van der Waals surface area (Å²) in [6, 6.07) is 8.58. The maximum absolute atomic E-state index is 13.5. The third-order valence-corrected chi connectivity index (χ3v) is 7.74. The Morgan fingerprint density at radius 1 is 1.11 bits per heavy atom. The summed E-state index contributed by atoms with van der Waals surface area (Å²) in [5, 5.41) is 5.85. The molecule has 0 bridgehead atoms. The highest BCUT2D eigenvalue weighted by atomic mass is 16.2. The van der Waals surface area contributed by atoms with Crippen molar-refractivity contribution in [2.75, 3.05) is 6.54 Å². The molecule has 2 N–H and O–H groups in total. The van der Waals surface area contributed by atoms with E-state index in [-0.39, 0.29) is 36.1 Å². The Balaban J connectivity index is 1.28. The molecule has 4 aliphatic rings. The lowest BCUT2D eigenvalue weighted by Gasteiger charge is -2.33. The molecule has 1 saturated carbocycles. The van der Waals surface area contributed by atoms with Gasteiger partial charge in [-0.3, -0.25) is 14.4 Å². The van der Waals surface area contributed by atoms with E-state index in [1.54, 1.807) is 0 Å². The number of fused-ring (bicyclic) bond motifs is 1. The molecule has 37 heavy (non-hydrogen) atoms. The lowest BCUT2D eigenvalue weighted by atomic mass is 9.75. The molecular formula is C29H35N5O3. The van der Waals surface area contributed by atoms with Crippen molar-refractivity contribution in [3.05, 3.63) is 59.8 Å². The highest BCUT2D eigenvalue weighted by molar-refractivity contribution is 6.15. The molecule has 5 rings (SSSR count). The van der Waals surface area contributed by atoms with Crippen LogP contribution in [-0.4, -0.2) is 52.8 Å². The van der Waals surface area contributed by atoms with E-state index >= 15 is 0 Å². The van der Waals surface area contributed by atoms with Gasteiger partial charge < -0.3 is 15.5 Å². The van der Waals surface area contributed by atoms with Crippen molar-refractivity contribution in [1.29, 1.82) is 0 Å². The molecule has 2 heterocycles. The fourth-order valence-electron chi connectivity index (χ4n) is 5.60. The number of carbonyl (C=O) groups is 3. The number of hydrogen-bond acceptors (Lipinski definition) is 5. The topological polar surface area (TPSA) is 103 Å². The number of allylic oxidation sites excluding steroid dienone is 4. The average Bonchev–Trinajstić information content (AvgIpc) is 3.54. The number of rotatable bonds is 8. The minimum atomic E-state index is -0.951. The molecule has 1 aromatic carbocycles. The van der Waals surface area contributed by atoms with E-state index in [0.29, 0.717) is 24.7 Å². The van der Waals surface area contributed by atoms with Crippen molar-refractivity contribution in [2.24, 2.45) is 21.8 Å². The van der Waals surface area contributed by atoms with Crippen LogP contribution < -0.4 is 10.6 Å². The van der Waals surface area contributed by atoms with Crippen LogP contribution in [0.5, 0.6) is 0 Å². The summed E-state index contributed by atoms with van der Waals surface area (Å²) >= 11 is 0. The monoisotopic (exact) mass is 501 g/mol. The molecular weight excluding hydrogens is 466 g/mol. The van der Waals surface area contributed by atoms with Crippen molar-refractivity contribution < 1.29 is 14.4 Å². The average molecular weight is 502 g/mol. The zero-order valence-corrected chi connectivity index (χ0v) is 21.5. The highest BCUT2D eigenvalue weighted by Gasteiger charge is 2.37. The molecule has 0 spiro atoms. The van der Waals surface area contributed by atoms with Crippen LogP contribution in [0.15, 0.2) is 64.2 Å². The summed E-state index contributed by atoms with van der Waals surface area (Å²) in [6.07, 6.45) is 9.93. The SMILES string of the molecule is CC1CC(C(=O)N[C@@H](CC(=O)N2CCC[C@@H]2c2ccccc2)C(=O)NC(C)C2=NC3=CC=CCC3=N2)C1. The van der Waals surface area contributed by atoms with Gasteiger partial charge in [-0.25, -0.2) is 9.98 Å². The fourth-order valence-corrected chi connectivity index (χ4v) is 5.60. The third kappa shape index (κ3) is 5.58. The first-order chi connectivity index (χ1) is 17.9. The standard InChI is InChI=1S/C29H35N5O3/c1-18-15-21(16-18)28(36)33-24(17-26(35)34-14-8-13-25(34)20-9-4-3-5-10-20)29(37)30-19(2)27-31-22-11-6-7-12-23(22)32-27/h3-7,9-11,18-19,21,24-25H,8,12-17H2,1-2H3,(H,30,37)(H,33,36)/t18?,19?,21?,24-,25+/m0/s1. The quantitative estimate of drug-likeness (QED) is 0.570. The lowest BCUT2D eigenvalue weighted by molar-refractivity contribution is -0.138. The molecule has 3 amide bonds. The Morgan fingerprint density at radius 2 is 1.89 bits per heavy atom. The number of aliphatic imine (C=N–C) groups is 2. The molecule has 3 atom stereocenters. The van der Waals surface area contributed by atoms with E-state index in [1.807, 2.05) is 60.4 Å². The summed E-state index contributed by atoms with van der Waals surface area (Å²) < 4.78 is 0. The summed E-state index contributed by atoms with van der Waals surface area (Å²) in [4.78, 5) is 50.8. The Bertz CT molecular complexity index is 1180. The Labute approximate surface area is 218 Å². The molecule has 2 fully saturated rings. The van der Waals surface area contributed by atoms with E-state index in [4.69, 9.17) is 0 Å². The second-order valence-electron chi connectivity index (χ2n) is 10.6. The van der Waals surface area contributed by atoms with Crippen molar-refractivity contribution in [3.8, 4) is 0 Å². The van der Waals surface area contributed by atoms with E-state index in [1.165, 1.54) is 0 Å². The van der Waals surface area contributed by atoms with Gasteiger partial charge in [0.05, 0.1) is 29.9 Å². The second kappa shape index (κ2) is 10.8. The van der Waals surface area contributed by atoms with Gasteiger partial charge in [0.2, 0.25) is 17.7 Å². The number of amides is 3. The Morgan fingerprint density at radius 3 is 2.62 bits per heavy atom. The Kier molecular flexibility index (Phi) is 7.35. The number of benzene rings is 1. The molecule has 0 radical (unpaired) electrons. The van der Waals surface area contributed by atoms with Crippen LogP contribution >= 0.6 is 0 Å². The van der Waals surface area contributed by atoms with Crippen LogP contribution in [0.3, 0.4) is 0 Å². The first-order valence-electron chi connectivity index (χ1n) is 13.4. The molecule has 1 saturated heterocycles. The van der Waals surface area contributed by atoms with Crippen molar-refractivity contribution in [1.82, 2.24) is 15.5 Å². The molecule has 194 valence electrons. The molecule has 1 unspecified atom stereocenters. The number of carbonyl (C=O) groups excluding carboxylic acids is 3. The number of hydrogen-bond donors (Lipinski definition) is 2. The first-order valence-corrected chi connectivity index (χ1v) is 13.4. The normalized spacial score (nSPS) is 25.7. The van der Waals surface area contributed by atoms with Gasteiger partial charge in [0.15, 0.2) is 5.84 Å². The lowest BCUT2D eigenvalue weighted by Crippen LogP contribution is -2.54. The molecule has 0 aromatic heterocycles.